The van der Waals surface area contributed by atoms with Gasteiger partial charge in [-0.3, -0.25) is 9.36 Å². The molecule has 3 aromatic rings. The number of hydrogen-bond donors (Lipinski definition) is 4. The Kier molecular flexibility index (Phi) is 6.54. The van der Waals surface area contributed by atoms with E-state index in [0.29, 0.717) is 36.0 Å². The van der Waals surface area contributed by atoms with Gasteiger partial charge in [-0.1, -0.05) is 29.8 Å². The van der Waals surface area contributed by atoms with E-state index >= 15 is 0 Å². The molecule has 6 rings (SSSR count). The quantitative estimate of drug-likeness (QED) is 0.324. The van der Waals surface area contributed by atoms with Crippen molar-refractivity contribution in [2.24, 2.45) is 21.2 Å². The molecule has 6 atom stereocenters. The topological polar surface area (TPSA) is 195 Å². The fraction of sp³-hybridized carbons (Fsp3) is 0.480. The minimum Gasteiger partial charge on any atom is -0.388 e. The number of fused-ring (bicyclic) bond motifs is 1. The van der Waals surface area contributed by atoms with E-state index in [4.69, 9.17) is 25.2 Å². The maximum Gasteiger partial charge on any atom is 0.217 e. The molecule has 14 heteroatoms. The number of hydrogen-bond acceptors (Lipinski definition) is 12. The van der Waals surface area contributed by atoms with Crippen LogP contribution < -0.4 is 11.1 Å². The molecule has 2 saturated heterocycles. The highest BCUT2D eigenvalue weighted by Crippen LogP contribution is 2.38. The Bertz CT molecular complexity index is 1420. The molecule has 0 bridgehead atoms. The van der Waals surface area contributed by atoms with Gasteiger partial charge in [0, 0.05) is 13.0 Å². The Morgan fingerprint density at radius 3 is 2.74 bits per heavy atom. The summed E-state index contributed by atoms with van der Waals surface area (Å²) in [6, 6.07) is 7.80. The summed E-state index contributed by atoms with van der Waals surface area (Å²) in [5.74, 6) is 0.240. The molecule has 2 unspecified atom stereocenters. The first-order valence-corrected chi connectivity index (χ1v) is 12.8. The summed E-state index contributed by atoms with van der Waals surface area (Å²) in [6.07, 6.45) is -0.275. The molecule has 0 radical (unpaired) electrons. The summed E-state index contributed by atoms with van der Waals surface area (Å²) in [5.41, 5.74) is 6.75. The Labute approximate surface area is 223 Å². The predicted octanol–water partition coefficient (Wildman–Crippen LogP) is 0.915. The molecule has 1 amide bonds. The molecule has 0 spiro atoms. The fourth-order valence-corrected chi connectivity index (χ4v) is 5.10. The van der Waals surface area contributed by atoms with Crippen LogP contribution in [0.25, 0.3) is 11.2 Å². The van der Waals surface area contributed by atoms with E-state index in [1.807, 2.05) is 31.2 Å². The van der Waals surface area contributed by atoms with Crippen molar-refractivity contribution >= 4 is 29.1 Å². The number of nitrogens with zero attached hydrogens (tertiary/aromatic N) is 7. The van der Waals surface area contributed by atoms with Gasteiger partial charge < -0.3 is 30.7 Å². The summed E-state index contributed by atoms with van der Waals surface area (Å²) < 4.78 is 13.1. The summed E-state index contributed by atoms with van der Waals surface area (Å²) in [7, 11) is 0. The van der Waals surface area contributed by atoms with Crippen LogP contribution in [0.2, 0.25) is 0 Å². The molecule has 1 aromatic carbocycles. The van der Waals surface area contributed by atoms with E-state index < -0.39 is 36.0 Å². The van der Waals surface area contributed by atoms with E-state index in [1.165, 1.54) is 6.33 Å². The van der Waals surface area contributed by atoms with E-state index in [1.54, 1.807) is 10.8 Å². The minimum absolute atomic E-state index is 0.0130. The van der Waals surface area contributed by atoms with Crippen molar-refractivity contribution in [3.8, 4) is 0 Å². The third-order valence-corrected chi connectivity index (χ3v) is 7.31. The number of benzene rings is 1. The van der Waals surface area contributed by atoms with Gasteiger partial charge >= 0.3 is 0 Å². The molecule has 0 saturated carbocycles. The molecular weight excluding hydrogens is 506 g/mol. The summed E-state index contributed by atoms with van der Waals surface area (Å²) in [6.45, 7) is 3.14. The maximum absolute atomic E-state index is 11.3. The number of aliphatic hydroxyl groups is 2. The van der Waals surface area contributed by atoms with E-state index in [0.717, 1.165) is 17.5 Å². The SMILES string of the molecule is Cc1ccc(C2(c3nc(NC4CCOC4)c4ncn([C@@H]5O[C@@H](CCC(N)=O)[C@H](O)[C@H]5O)c4n3)C=NN=N2)cc1. The third kappa shape index (κ3) is 4.54. The van der Waals surface area contributed by atoms with Gasteiger partial charge in [-0.05, 0) is 30.6 Å². The molecule has 5 heterocycles. The molecule has 3 aliphatic rings. The van der Waals surface area contributed by atoms with Crippen molar-refractivity contribution in [2.75, 3.05) is 18.5 Å². The number of nitrogens with one attached hydrogen (secondary N) is 1. The number of carbonyl (C=O) groups excluding carboxylic acids is 1. The highest BCUT2D eigenvalue weighted by atomic mass is 16.6. The van der Waals surface area contributed by atoms with E-state index in [2.05, 4.69) is 25.7 Å². The van der Waals surface area contributed by atoms with Crippen molar-refractivity contribution in [2.45, 2.75) is 62.3 Å². The lowest BCUT2D eigenvalue weighted by atomic mass is 9.90. The Morgan fingerprint density at radius 1 is 1.23 bits per heavy atom. The summed E-state index contributed by atoms with van der Waals surface area (Å²) >= 11 is 0. The number of rotatable bonds is 8. The predicted molar refractivity (Wildman–Crippen MR) is 138 cm³/mol. The zero-order chi connectivity index (χ0) is 27.1. The number of amides is 1. The van der Waals surface area contributed by atoms with Gasteiger partial charge in [0.15, 0.2) is 29.0 Å². The first-order chi connectivity index (χ1) is 18.9. The second kappa shape index (κ2) is 10.0. The second-order valence-electron chi connectivity index (χ2n) is 10.0. The summed E-state index contributed by atoms with van der Waals surface area (Å²) in [4.78, 5) is 25.5. The monoisotopic (exact) mass is 535 g/mol. The van der Waals surface area contributed by atoms with Gasteiger partial charge in [-0.2, -0.15) is 0 Å². The number of primary amides is 1. The van der Waals surface area contributed by atoms with Crippen LogP contribution in [-0.2, 0) is 19.8 Å². The molecule has 2 aromatic heterocycles. The van der Waals surface area contributed by atoms with Crippen LogP contribution in [0.15, 0.2) is 46.0 Å². The van der Waals surface area contributed by atoms with Gasteiger partial charge in [0.05, 0.1) is 31.3 Å². The highest BCUT2D eigenvalue weighted by molar-refractivity contribution is 5.85. The molecule has 2 fully saturated rings. The van der Waals surface area contributed by atoms with Crippen LogP contribution in [0.3, 0.4) is 0 Å². The zero-order valence-electron chi connectivity index (χ0n) is 21.2. The van der Waals surface area contributed by atoms with Crippen molar-refractivity contribution < 1.29 is 24.5 Å². The molecule has 3 aliphatic heterocycles. The van der Waals surface area contributed by atoms with Gasteiger partial charge in [-0.25, -0.2) is 15.0 Å². The standard InChI is InChI=1S/C25H29N9O5/c1-13-2-4-14(5-3-13)25(11-28-33-32-25)24-30-21(29-15-8-9-38-10-15)18-22(31-24)34(12-27-18)23-20(37)19(36)16(39-23)6-7-17(26)35/h2-5,11-12,15-16,19-20,23,36-37H,6-10H2,1H3,(H2,26,35)(H,29,30,31)/t15?,16-,19-,20+,23+,25?/m0/s1. The highest BCUT2D eigenvalue weighted by Gasteiger charge is 2.45. The Morgan fingerprint density at radius 2 is 2.05 bits per heavy atom. The second-order valence-corrected chi connectivity index (χ2v) is 10.0. The van der Waals surface area contributed by atoms with E-state index in [-0.39, 0.29) is 18.9 Å². The molecule has 14 nitrogen and oxygen atoms in total. The van der Waals surface area contributed by atoms with Crippen LogP contribution in [0.1, 0.15) is 42.4 Å². The zero-order valence-corrected chi connectivity index (χ0v) is 21.2. The molecule has 5 N–H and O–H groups in total. The van der Waals surface area contributed by atoms with Crippen LogP contribution >= 0.6 is 0 Å². The smallest absolute Gasteiger partial charge is 0.217 e. The van der Waals surface area contributed by atoms with Crippen LogP contribution in [-0.4, -0.2) is 79.4 Å². The van der Waals surface area contributed by atoms with Gasteiger partial charge in [0.1, 0.15) is 12.2 Å². The Hall–Kier alpha value is -3.85. The number of imidazole rings is 1. The van der Waals surface area contributed by atoms with Crippen molar-refractivity contribution in [1.29, 1.82) is 0 Å². The van der Waals surface area contributed by atoms with Crippen molar-refractivity contribution in [3.05, 3.63) is 47.5 Å². The first-order valence-electron chi connectivity index (χ1n) is 12.8. The lowest BCUT2D eigenvalue weighted by Crippen LogP contribution is -2.32. The largest absolute Gasteiger partial charge is 0.388 e. The van der Waals surface area contributed by atoms with Crippen LogP contribution in [0, 0.1) is 6.92 Å². The number of aryl methyl sites for hydroxylation is 1. The number of nitrogens with two attached hydrogens (primary N) is 1. The van der Waals surface area contributed by atoms with Crippen molar-refractivity contribution in [1.82, 2.24) is 19.5 Å². The maximum atomic E-state index is 11.3. The number of anilines is 1. The van der Waals surface area contributed by atoms with Gasteiger partial charge in [0.2, 0.25) is 11.4 Å². The molecular formula is C25H29N9O5. The molecule has 0 aliphatic carbocycles. The Balaban J connectivity index is 1.46. The van der Waals surface area contributed by atoms with Gasteiger partial charge in [0.25, 0.3) is 0 Å². The third-order valence-electron chi connectivity index (χ3n) is 7.31. The van der Waals surface area contributed by atoms with Crippen LogP contribution in [0.4, 0.5) is 5.82 Å². The molecule has 204 valence electrons. The lowest BCUT2D eigenvalue weighted by molar-refractivity contribution is -0.119. The number of aromatic nitrogens is 4. The average molecular weight is 536 g/mol. The first kappa shape index (κ1) is 25.4. The number of aliphatic hydroxyl groups excluding tert-OH is 2. The fourth-order valence-electron chi connectivity index (χ4n) is 5.10. The minimum atomic E-state index is -1.29. The lowest BCUT2D eigenvalue weighted by Gasteiger charge is -2.23. The number of ether oxygens (including phenoxy) is 2. The van der Waals surface area contributed by atoms with Gasteiger partial charge in [-0.15, -0.1) is 10.2 Å². The summed E-state index contributed by atoms with van der Waals surface area (Å²) in [5, 5.41) is 37.3. The van der Waals surface area contributed by atoms with Crippen molar-refractivity contribution in [3.63, 3.8) is 0 Å². The van der Waals surface area contributed by atoms with Crippen LogP contribution in [0.5, 0.6) is 0 Å². The normalized spacial score (nSPS) is 30.0. The number of carbonyl (C=O) groups is 1. The molecule has 39 heavy (non-hydrogen) atoms. The average Bonchev–Trinajstić information content (AvgIpc) is 3.73. The van der Waals surface area contributed by atoms with E-state index in [9.17, 15) is 15.0 Å².